The summed E-state index contributed by atoms with van der Waals surface area (Å²) in [6.07, 6.45) is 6.53. The van der Waals surface area contributed by atoms with Crippen LogP contribution in [0.25, 0.3) is 0 Å². The number of halogens is 2. The molecule has 1 aromatic rings. The van der Waals surface area contributed by atoms with E-state index in [1.54, 1.807) is 0 Å². The molecular formula is C15H21Cl2N. The van der Waals surface area contributed by atoms with Crippen molar-refractivity contribution >= 4 is 23.2 Å². The molecule has 0 bridgehead atoms. The summed E-state index contributed by atoms with van der Waals surface area (Å²) >= 11 is 12.4. The molecule has 0 aliphatic heterocycles. The molecule has 1 saturated carbocycles. The van der Waals surface area contributed by atoms with Crippen molar-refractivity contribution in [2.75, 3.05) is 13.6 Å². The fraction of sp³-hybridized carbons (Fsp3) is 0.600. The minimum atomic E-state index is 0.670. The highest BCUT2D eigenvalue weighted by molar-refractivity contribution is 6.42. The highest BCUT2D eigenvalue weighted by Gasteiger charge is 2.25. The SMILES string of the molecule is CNCC(Cc1cccc(Cl)c1Cl)C1CCCC1. The topological polar surface area (TPSA) is 12.0 Å². The smallest absolute Gasteiger partial charge is 0.0624 e. The normalized spacial score (nSPS) is 18.2. The van der Waals surface area contributed by atoms with E-state index in [0.29, 0.717) is 10.9 Å². The summed E-state index contributed by atoms with van der Waals surface area (Å²) in [6.45, 7) is 1.06. The molecule has 100 valence electrons. The Hall–Kier alpha value is -0.240. The first-order valence-corrected chi connectivity index (χ1v) is 7.55. The maximum Gasteiger partial charge on any atom is 0.0624 e. The van der Waals surface area contributed by atoms with Crippen LogP contribution in [0.3, 0.4) is 0 Å². The summed E-state index contributed by atoms with van der Waals surface area (Å²) < 4.78 is 0. The molecule has 1 aliphatic carbocycles. The van der Waals surface area contributed by atoms with Crippen molar-refractivity contribution in [1.82, 2.24) is 5.32 Å². The third-order valence-electron chi connectivity index (χ3n) is 4.05. The maximum absolute atomic E-state index is 6.29. The van der Waals surface area contributed by atoms with Gasteiger partial charge >= 0.3 is 0 Å². The van der Waals surface area contributed by atoms with Gasteiger partial charge in [0, 0.05) is 0 Å². The van der Waals surface area contributed by atoms with Crippen molar-refractivity contribution in [2.24, 2.45) is 11.8 Å². The van der Waals surface area contributed by atoms with Gasteiger partial charge in [-0.05, 0) is 43.5 Å². The molecule has 1 N–H and O–H groups in total. The molecule has 3 heteroatoms. The number of nitrogens with one attached hydrogen (secondary N) is 1. The van der Waals surface area contributed by atoms with Gasteiger partial charge < -0.3 is 5.32 Å². The van der Waals surface area contributed by atoms with Gasteiger partial charge in [-0.2, -0.15) is 0 Å². The van der Waals surface area contributed by atoms with Gasteiger partial charge in [0.25, 0.3) is 0 Å². The van der Waals surface area contributed by atoms with Gasteiger partial charge in [-0.1, -0.05) is 61.0 Å². The molecule has 1 aliphatic rings. The Morgan fingerprint density at radius 3 is 2.67 bits per heavy atom. The van der Waals surface area contributed by atoms with Crippen LogP contribution in [0.2, 0.25) is 10.0 Å². The monoisotopic (exact) mass is 285 g/mol. The summed E-state index contributed by atoms with van der Waals surface area (Å²) in [7, 11) is 2.03. The number of hydrogen-bond donors (Lipinski definition) is 1. The fourth-order valence-electron chi connectivity index (χ4n) is 3.09. The van der Waals surface area contributed by atoms with Gasteiger partial charge in [-0.15, -0.1) is 0 Å². The zero-order valence-electron chi connectivity index (χ0n) is 10.9. The average Bonchev–Trinajstić information content (AvgIpc) is 2.88. The van der Waals surface area contributed by atoms with Crippen molar-refractivity contribution in [1.29, 1.82) is 0 Å². The minimum absolute atomic E-state index is 0.670. The zero-order valence-corrected chi connectivity index (χ0v) is 12.4. The fourth-order valence-corrected chi connectivity index (χ4v) is 3.48. The summed E-state index contributed by atoms with van der Waals surface area (Å²) in [4.78, 5) is 0. The molecule has 2 rings (SSSR count). The molecule has 1 aromatic carbocycles. The summed E-state index contributed by atoms with van der Waals surface area (Å²) in [5, 5.41) is 4.73. The predicted molar refractivity (Wildman–Crippen MR) is 79.5 cm³/mol. The molecule has 18 heavy (non-hydrogen) atoms. The van der Waals surface area contributed by atoms with Gasteiger partial charge in [0.15, 0.2) is 0 Å². The van der Waals surface area contributed by atoms with Gasteiger partial charge in [0.2, 0.25) is 0 Å². The van der Waals surface area contributed by atoms with E-state index in [1.165, 1.54) is 31.2 Å². The first-order valence-electron chi connectivity index (χ1n) is 6.80. The molecule has 0 radical (unpaired) electrons. The lowest BCUT2D eigenvalue weighted by molar-refractivity contribution is 0.328. The largest absolute Gasteiger partial charge is 0.319 e. The Morgan fingerprint density at radius 1 is 1.28 bits per heavy atom. The van der Waals surface area contributed by atoms with Crippen LogP contribution in [0.5, 0.6) is 0 Å². The molecule has 0 aromatic heterocycles. The van der Waals surface area contributed by atoms with Crippen LogP contribution in [0.4, 0.5) is 0 Å². The van der Waals surface area contributed by atoms with Crippen molar-refractivity contribution in [2.45, 2.75) is 32.1 Å². The Kier molecular flexibility index (Phi) is 5.35. The number of rotatable bonds is 5. The summed E-state index contributed by atoms with van der Waals surface area (Å²) in [6, 6.07) is 5.95. The zero-order chi connectivity index (χ0) is 13.0. The van der Waals surface area contributed by atoms with Gasteiger partial charge in [0.05, 0.1) is 10.0 Å². The maximum atomic E-state index is 6.29. The molecule has 1 atom stereocenters. The van der Waals surface area contributed by atoms with Crippen LogP contribution in [-0.4, -0.2) is 13.6 Å². The van der Waals surface area contributed by atoms with Crippen LogP contribution in [-0.2, 0) is 6.42 Å². The first-order chi connectivity index (χ1) is 8.72. The lowest BCUT2D eigenvalue weighted by atomic mass is 9.85. The number of hydrogen-bond acceptors (Lipinski definition) is 1. The predicted octanol–water partition coefficient (Wildman–Crippen LogP) is 4.56. The van der Waals surface area contributed by atoms with Crippen LogP contribution < -0.4 is 5.32 Å². The van der Waals surface area contributed by atoms with E-state index in [1.807, 2.05) is 19.2 Å². The third-order valence-corrected chi connectivity index (χ3v) is 4.90. The lowest BCUT2D eigenvalue weighted by Crippen LogP contribution is -2.26. The van der Waals surface area contributed by atoms with E-state index < -0.39 is 0 Å². The van der Waals surface area contributed by atoms with Crippen molar-refractivity contribution in [3.8, 4) is 0 Å². The second-order valence-corrected chi connectivity index (χ2v) is 6.06. The quantitative estimate of drug-likeness (QED) is 0.836. The molecule has 0 spiro atoms. The average molecular weight is 286 g/mol. The van der Waals surface area contributed by atoms with Crippen molar-refractivity contribution < 1.29 is 0 Å². The van der Waals surface area contributed by atoms with Gasteiger partial charge in [-0.3, -0.25) is 0 Å². The highest BCUT2D eigenvalue weighted by Crippen LogP contribution is 2.35. The van der Waals surface area contributed by atoms with Crippen LogP contribution in [0.1, 0.15) is 31.2 Å². The summed E-state index contributed by atoms with van der Waals surface area (Å²) in [5.41, 5.74) is 1.19. The second-order valence-electron chi connectivity index (χ2n) is 5.28. The van der Waals surface area contributed by atoms with Crippen LogP contribution in [0.15, 0.2) is 18.2 Å². The van der Waals surface area contributed by atoms with Gasteiger partial charge in [-0.25, -0.2) is 0 Å². The molecule has 1 unspecified atom stereocenters. The van der Waals surface area contributed by atoms with Crippen molar-refractivity contribution in [3.63, 3.8) is 0 Å². The Balaban J connectivity index is 2.10. The van der Waals surface area contributed by atoms with Crippen LogP contribution in [0, 0.1) is 11.8 Å². The van der Waals surface area contributed by atoms with E-state index in [0.717, 1.165) is 23.9 Å². The van der Waals surface area contributed by atoms with E-state index in [4.69, 9.17) is 23.2 Å². The third kappa shape index (κ3) is 3.40. The van der Waals surface area contributed by atoms with Crippen molar-refractivity contribution in [3.05, 3.63) is 33.8 Å². The molecule has 0 amide bonds. The molecule has 1 nitrogen and oxygen atoms in total. The summed E-state index contributed by atoms with van der Waals surface area (Å²) in [5.74, 6) is 1.51. The molecular weight excluding hydrogens is 265 g/mol. The standard InChI is InChI=1S/C15H21Cl2N/c1-18-10-13(11-5-2-3-6-11)9-12-7-4-8-14(16)15(12)17/h4,7-8,11,13,18H,2-3,5-6,9-10H2,1H3. The van der Waals surface area contributed by atoms with Crippen LogP contribution >= 0.6 is 23.2 Å². The molecule has 0 heterocycles. The highest BCUT2D eigenvalue weighted by atomic mass is 35.5. The first kappa shape index (κ1) is 14.2. The Labute approximate surface area is 120 Å². The Morgan fingerprint density at radius 2 is 2.00 bits per heavy atom. The lowest BCUT2D eigenvalue weighted by Gasteiger charge is -2.24. The van der Waals surface area contributed by atoms with E-state index in [9.17, 15) is 0 Å². The minimum Gasteiger partial charge on any atom is -0.319 e. The molecule has 1 fully saturated rings. The Bertz CT molecular complexity index is 386. The van der Waals surface area contributed by atoms with Gasteiger partial charge in [0.1, 0.15) is 0 Å². The number of benzene rings is 1. The van der Waals surface area contributed by atoms with E-state index in [2.05, 4.69) is 11.4 Å². The second kappa shape index (κ2) is 6.79. The van der Waals surface area contributed by atoms with E-state index in [-0.39, 0.29) is 0 Å². The molecule has 0 saturated heterocycles. The van der Waals surface area contributed by atoms with E-state index >= 15 is 0 Å².